The molecule has 0 aromatic heterocycles. The van der Waals surface area contributed by atoms with Crippen LogP contribution in [0.4, 0.5) is 0 Å². The third-order valence-electron chi connectivity index (χ3n) is 4.25. The Hall–Kier alpha value is -0.0800. The Balaban J connectivity index is 2.34. The molecular formula is C14H30N2. The molecule has 1 fully saturated rings. The van der Waals surface area contributed by atoms with Gasteiger partial charge in [0.1, 0.15) is 0 Å². The molecule has 0 radical (unpaired) electrons. The summed E-state index contributed by atoms with van der Waals surface area (Å²) in [4.78, 5) is 2.28. The Morgan fingerprint density at radius 3 is 2.50 bits per heavy atom. The Kier molecular flexibility index (Phi) is 4.81. The van der Waals surface area contributed by atoms with Crippen LogP contribution >= 0.6 is 0 Å². The second kappa shape index (κ2) is 5.50. The van der Waals surface area contributed by atoms with E-state index < -0.39 is 0 Å². The zero-order valence-corrected chi connectivity index (χ0v) is 12.0. The molecular weight excluding hydrogens is 196 g/mol. The van der Waals surface area contributed by atoms with Crippen molar-refractivity contribution in [2.45, 2.75) is 59.0 Å². The van der Waals surface area contributed by atoms with E-state index >= 15 is 0 Å². The molecule has 2 nitrogen and oxygen atoms in total. The molecule has 16 heavy (non-hydrogen) atoms. The summed E-state index contributed by atoms with van der Waals surface area (Å²) in [6.07, 6.45) is 4.07. The van der Waals surface area contributed by atoms with E-state index in [9.17, 15) is 0 Å². The number of hydrogen-bond donors (Lipinski definition) is 1. The monoisotopic (exact) mass is 226 g/mol. The lowest BCUT2D eigenvalue weighted by Crippen LogP contribution is -2.46. The summed E-state index contributed by atoms with van der Waals surface area (Å²) < 4.78 is 0. The maximum Gasteiger partial charge on any atom is 0.0186 e. The summed E-state index contributed by atoms with van der Waals surface area (Å²) in [5.41, 5.74) is 0.560. The molecule has 1 rings (SSSR count). The Morgan fingerprint density at radius 1 is 1.38 bits per heavy atom. The molecule has 0 aromatic rings. The van der Waals surface area contributed by atoms with E-state index in [2.05, 4.69) is 52.0 Å². The highest BCUT2D eigenvalue weighted by atomic mass is 15.1. The van der Waals surface area contributed by atoms with E-state index in [4.69, 9.17) is 0 Å². The highest BCUT2D eigenvalue weighted by Gasteiger charge is 2.32. The lowest BCUT2D eigenvalue weighted by Gasteiger charge is -2.40. The molecule has 0 saturated heterocycles. The molecule has 3 atom stereocenters. The van der Waals surface area contributed by atoms with Crippen LogP contribution in [0.15, 0.2) is 0 Å². The van der Waals surface area contributed by atoms with Gasteiger partial charge in [-0.3, -0.25) is 0 Å². The summed E-state index contributed by atoms with van der Waals surface area (Å²) in [6.45, 7) is 10.6. The van der Waals surface area contributed by atoms with E-state index in [0.29, 0.717) is 11.5 Å². The molecule has 0 heterocycles. The first kappa shape index (κ1) is 14.0. The molecule has 0 spiro atoms. The standard InChI is InChI=1S/C14H30N2/c1-11-9-14(3,4)8-7-13(11)15-10-12(2)16(5)6/h11-13,15H,7-10H2,1-6H3. The van der Waals surface area contributed by atoms with Gasteiger partial charge in [-0.2, -0.15) is 0 Å². The van der Waals surface area contributed by atoms with Gasteiger partial charge in [0.05, 0.1) is 0 Å². The summed E-state index contributed by atoms with van der Waals surface area (Å²) in [7, 11) is 4.31. The van der Waals surface area contributed by atoms with Gasteiger partial charge in [0.2, 0.25) is 0 Å². The van der Waals surface area contributed by atoms with Crippen LogP contribution in [0.1, 0.15) is 47.0 Å². The molecule has 0 bridgehead atoms. The molecule has 0 amide bonds. The first-order valence-corrected chi connectivity index (χ1v) is 6.71. The van der Waals surface area contributed by atoms with Crippen LogP contribution in [0.2, 0.25) is 0 Å². The summed E-state index contributed by atoms with van der Waals surface area (Å²) in [5, 5.41) is 3.75. The fourth-order valence-electron chi connectivity index (χ4n) is 2.75. The van der Waals surface area contributed by atoms with Crippen LogP contribution in [-0.4, -0.2) is 37.6 Å². The van der Waals surface area contributed by atoms with Gasteiger partial charge in [0.15, 0.2) is 0 Å². The minimum atomic E-state index is 0.560. The predicted octanol–water partition coefficient (Wildman–Crippen LogP) is 2.74. The summed E-state index contributed by atoms with van der Waals surface area (Å²) in [5.74, 6) is 0.818. The van der Waals surface area contributed by atoms with Crippen molar-refractivity contribution < 1.29 is 0 Å². The average Bonchev–Trinajstić information content (AvgIpc) is 2.14. The molecule has 1 N–H and O–H groups in total. The number of nitrogens with zero attached hydrogens (tertiary/aromatic N) is 1. The first-order chi connectivity index (χ1) is 7.32. The zero-order valence-electron chi connectivity index (χ0n) is 12.0. The van der Waals surface area contributed by atoms with E-state index in [-0.39, 0.29) is 0 Å². The fourth-order valence-corrected chi connectivity index (χ4v) is 2.75. The van der Waals surface area contributed by atoms with Crippen molar-refractivity contribution in [3.8, 4) is 0 Å². The largest absolute Gasteiger partial charge is 0.312 e. The Labute approximate surface area is 102 Å². The predicted molar refractivity (Wildman–Crippen MR) is 71.7 cm³/mol. The quantitative estimate of drug-likeness (QED) is 0.793. The van der Waals surface area contributed by atoms with Crippen molar-refractivity contribution in [3.05, 3.63) is 0 Å². The third-order valence-corrected chi connectivity index (χ3v) is 4.25. The number of nitrogens with one attached hydrogen (secondary N) is 1. The van der Waals surface area contributed by atoms with E-state index in [1.165, 1.54) is 19.3 Å². The van der Waals surface area contributed by atoms with Gasteiger partial charge in [-0.1, -0.05) is 20.8 Å². The van der Waals surface area contributed by atoms with Gasteiger partial charge in [0.25, 0.3) is 0 Å². The molecule has 1 aliphatic carbocycles. The highest BCUT2D eigenvalue weighted by molar-refractivity contribution is 4.87. The highest BCUT2D eigenvalue weighted by Crippen LogP contribution is 2.38. The first-order valence-electron chi connectivity index (χ1n) is 6.71. The second-order valence-electron chi connectivity index (χ2n) is 6.71. The number of likely N-dealkylation sites (N-methyl/N-ethyl adjacent to an activating group) is 1. The third kappa shape index (κ3) is 4.06. The van der Waals surface area contributed by atoms with Crippen molar-refractivity contribution in [3.63, 3.8) is 0 Å². The van der Waals surface area contributed by atoms with Crippen molar-refractivity contribution in [2.75, 3.05) is 20.6 Å². The minimum absolute atomic E-state index is 0.560. The molecule has 0 aliphatic heterocycles. The summed E-state index contributed by atoms with van der Waals surface area (Å²) in [6, 6.07) is 1.36. The van der Waals surface area contributed by atoms with E-state index in [1.807, 2.05) is 0 Å². The normalized spacial score (nSPS) is 31.7. The molecule has 3 unspecified atom stereocenters. The van der Waals surface area contributed by atoms with Crippen molar-refractivity contribution >= 4 is 0 Å². The smallest absolute Gasteiger partial charge is 0.0186 e. The van der Waals surface area contributed by atoms with Crippen LogP contribution in [-0.2, 0) is 0 Å². The SMILES string of the molecule is CC1CC(C)(C)CCC1NCC(C)N(C)C. The maximum absolute atomic E-state index is 3.75. The van der Waals surface area contributed by atoms with Crippen LogP contribution in [0.3, 0.4) is 0 Å². The lowest BCUT2D eigenvalue weighted by molar-refractivity contribution is 0.143. The molecule has 1 saturated carbocycles. The van der Waals surface area contributed by atoms with Crippen LogP contribution in [0.5, 0.6) is 0 Å². The fraction of sp³-hybridized carbons (Fsp3) is 1.00. The average molecular weight is 226 g/mol. The van der Waals surface area contributed by atoms with Gasteiger partial charge in [-0.25, -0.2) is 0 Å². The van der Waals surface area contributed by atoms with Crippen LogP contribution < -0.4 is 5.32 Å². The minimum Gasteiger partial charge on any atom is -0.312 e. The Morgan fingerprint density at radius 2 is 2.00 bits per heavy atom. The van der Waals surface area contributed by atoms with Gasteiger partial charge < -0.3 is 10.2 Å². The van der Waals surface area contributed by atoms with Crippen LogP contribution in [0.25, 0.3) is 0 Å². The summed E-state index contributed by atoms with van der Waals surface area (Å²) >= 11 is 0. The second-order valence-corrected chi connectivity index (χ2v) is 6.71. The van der Waals surface area contributed by atoms with Gasteiger partial charge in [0, 0.05) is 18.6 Å². The van der Waals surface area contributed by atoms with Crippen molar-refractivity contribution in [1.29, 1.82) is 0 Å². The van der Waals surface area contributed by atoms with E-state index in [1.54, 1.807) is 0 Å². The van der Waals surface area contributed by atoms with Crippen molar-refractivity contribution in [1.82, 2.24) is 10.2 Å². The lowest BCUT2D eigenvalue weighted by atomic mass is 9.70. The molecule has 1 aliphatic rings. The van der Waals surface area contributed by atoms with Gasteiger partial charge >= 0.3 is 0 Å². The number of hydrogen-bond acceptors (Lipinski definition) is 2. The zero-order chi connectivity index (χ0) is 12.3. The van der Waals surface area contributed by atoms with Gasteiger partial charge in [-0.05, 0) is 51.6 Å². The van der Waals surface area contributed by atoms with Gasteiger partial charge in [-0.15, -0.1) is 0 Å². The topological polar surface area (TPSA) is 15.3 Å². The maximum atomic E-state index is 3.75. The van der Waals surface area contributed by atoms with E-state index in [0.717, 1.165) is 18.5 Å². The Bertz CT molecular complexity index is 211. The molecule has 96 valence electrons. The number of rotatable bonds is 4. The molecule has 2 heteroatoms. The van der Waals surface area contributed by atoms with Crippen LogP contribution in [0, 0.1) is 11.3 Å². The molecule has 0 aromatic carbocycles. The van der Waals surface area contributed by atoms with Crippen molar-refractivity contribution in [2.24, 2.45) is 11.3 Å².